The molecule has 3 amide bonds. The molecule has 0 aliphatic carbocycles. The summed E-state index contributed by atoms with van der Waals surface area (Å²) in [4.78, 5) is 41.3. The van der Waals surface area contributed by atoms with Gasteiger partial charge in [0.25, 0.3) is 0 Å². The summed E-state index contributed by atoms with van der Waals surface area (Å²) < 4.78 is 5.35. The van der Waals surface area contributed by atoms with E-state index in [9.17, 15) is 19.5 Å². The Balaban J connectivity index is 3.51. The molecular weight excluding hydrogens is 446 g/mol. The van der Waals surface area contributed by atoms with Crippen molar-refractivity contribution >= 4 is 17.9 Å². The van der Waals surface area contributed by atoms with Crippen molar-refractivity contribution in [2.24, 2.45) is 5.92 Å². The van der Waals surface area contributed by atoms with Crippen molar-refractivity contribution < 1.29 is 24.2 Å². The maximum atomic E-state index is 13.8. The number of nitrogens with zero attached hydrogens (tertiary/aromatic N) is 1. The van der Waals surface area contributed by atoms with E-state index in [2.05, 4.69) is 17.2 Å². The minimum atomic E-state index is -1.12. The van der Waals surface area contributed by atoms with E-state index in [0.29, 0.717) is 11.1 Å². The van der Waals surface area contributed by atoms with Gasteiger partial charge in [0.05, 0.1) is 0 Å². The first-order valence-electron chi connectivity index (χ1n) is 12.2. The molecule has 0 aromatic heterocycles. The summed E-state index contributed by atoms with van der Waals surface area (Å²) in [5, 5.41) is 16.5. The number of hydrogen-bond acceptors (Lipinski definition) is 5. The van der Waals surface area contributed by atoms with Crippen LogP contribution in [0.2, 0.25) is 0 Å². The van der Waals surface area contributed by atoms with Crippen molar-refractivity contribution in [1.29, 1.82) is 0 Å². The Morgan fingerprint density at radius 2 is 1.80 bits per heavy atom. The second-order valence-corrected chi connectivity index (χ2v) is 10.3. The van der Waals surface area contributed by atoms with E-state index in [-0.39, 0.29) is 24.3 Å². The second kappa shape index (κ2) is 13.2. The van der Waals surface area contributed by atoms with E-state index in [4.69, 9.17) is 4.74 Å². The van der Waals surface area contributed by atoms with Crippen LogP contribution in [0.1, 0.15) is 78.5 Å². The van der Waals surface area contributed by atoms with Gasteiger partial charge >= 0.3 is 6.09 Å². The van der Waals surface area contributed by atoms with Gasteiger partial charge in [0.15, 0.2) is 0 Å². The van der Waals surface area contributed by atoms with Gasteiger partial charge in [-0.25, -0.2) is 4.79 Å². The number of hydrogen-bond donors (Lipinski definition) is 3. The van der Waals surface area contributed by atoms with E-state index in [1.165, 1.54) is 11.0 Å². The highest BCUT2D eigenvalue weighted by molar-refractivity contribution is 5.93. The molecule has 0 saturated heterocycles. The topological polar surface area (TPSA) is 108 Å². The number of para-hydroxylation sites is 1. The van der Waals surface area contributed by atoms with Gasteiger partial charge in [0.1, 0.15) is 23.4 Å². The van der Waals surface area contributed by atoms with Gasteiger partial charge < -0.3 is 25.4 Å². The minimum absolute atomic E-state index is 0.0334. The average Bonchev–Trinajstić information content (AvgIpc) is 2.72. The Morgan fingerprint density at radius 1 is 1.17 bits per heavy atom. The first-order valence-corrected chi connectivity index (χ1v) is 12.2. The number of ether oxygens (including phenoxy) is 1. The average molecular weight is 490 g/mol. The lowest BCUT2D eigenvalue weighted by Gasteiger charge is -2.35. The molecule has 3 atom stereocenters. The summed E-state index contributed by atoms with van der Waals surface area (Å²) in [5.41, 5.74) is 0.155. The molecule has 1 aromatic carbocycles. The van der Waals surface area contributed by atoms with Gasteiger partial charge in [0.2, 0.25) is 11.8 Å². The fraction of sp³-hybridized carbons (Fsp3) is 0.593. The number of rotatable bonds is 11. The monoisotopic (exact) mass is 489 g/mol. The number of alkyl carbamates (subject to hydrolysis) is 1. The van der Waals surface area contributed by atoms with Crippen LogP contribution in [0.15, 0.2) is 30.9 Å². The summed E-state index contributed by atoms with van der Waals surface area (Å²) in [7, 11) is 0. The maximum Gasteiger partial charge on any atom is 0.408 e. The quantitative estimate of drug-likeness (QED) is 0.394. The molecule has 8 nitrogen and oxygen atoms in total. The molecule has 0 aliphatic heterocycles. The Kier molecular flexibility index (Phi) is 11.3. The van der Waals surface area contributed by atoms with E-state index >= 15 is 0 Å². The van der Waals surface area contributed by atoms with E-state index in [0.717, 1.165) is 12.8 Å². The Labute approximate surface area is 210 Å². The Bertz CT molecular complexity index is 891. The van der Waals surface area contributed by atoms with Crippen molar-refractivity contribution in [3.63, 3.8) is 0 Å². The molecule has 196 valence electrons. The molecule has 0 aliphatic rings. The fourth-order valence-corrected chi connectivity index (χ4v) is 3.77. The molecule has 0 fully saturated rings. The molecule has 3 N–H and O–H groups in total. The highest BCUT2D eigenvalue weighted by atomic mass is 16.6. The third kappa shape index (κ3) is 8.92. The van der Waals surface area contributed by atoms with Crippen LogP contribution in [0.3, 0.4) is 0 Å². The van der Waals surface area contributed by atoms with Crippen molar-refractivity contribution in [2.45, 2.75) is 92.0 Å². The zero-order valence-electron chi connectivity index (χ0n) is 22.5. The van der Waals surface area contributed by atoms with Gasteiger partial charge in [-0.05, 0) is 52.5 Å². The summed E-state index contributed by atoms with van der Waals surface area (Å²) >= 11 is 0. The number of benzene rings is 1. The zero-order valence-corrected chi connectivity index (χ0v) is 22.5. The van der Waals surface area contributed by atoms with E-state index in [1.54, 1.807) is 59.7 Å². The molecule has 0 bridgehead atoms. The smallest absolute Gasteiger partial charge is 0.408 e. The van der Waals surface area contributed by atoms with Gasteiger partial charge in [-0.3, -0.25) is 9.59 Å². The number of aryl methyl sites for hydroxylation is 1. The number of phenols is 1. The van der Waals surface area contributed by atoms with Crippen LogP contribution in [0.5, 0.6) is 5.75 Å². The molecule has 1 aromatic rings. The van der Waals surface area contributed by atoms with Crippen LogP contribution in [0.4, 0.5) is 4.79 Å². The summed E-state index contributed by atoms with van der Waals surface area (Å²) in [5.74, 6) is -1.24. The molecular formula is C27H43N3O5. The van der Waals surface area contributed by atoms with Crippen molar-refractivity contribution in [1.82, 2.24) is 15.5 Å². The zero-order chi connectivity index (χ0) is 26.9. The van der Waals surface area contributed by atoms with Crippen LogP contribution in [0, 0.1) is 12.8 Å². The highest BCUT2D eigenvalue weighted by Gasteiger charge is 2.38. The molecule has 0 spiro atoms. The Hall–Kier alpha value is -3.03. The van der Waals surface area contributed by atoms with Crippen LogP contribution in [-0.2, 0) is 14.3 Å². The van der Waals surface area contributed by atoms with Crippen LogP contribution < -0.4 is 10.6 Å². The van der Waals surface area contributed by atoms with Gasteiger partial charge in [-0.2, -0.15) is 0 Å². The van der Waals surface area contributed by atoms with Crippen molar-refractivity contribution in [3.05, 3.63) is 42.0 Å². The predicted molar refractivity (Wildman–Crippen MR) is 138 cm³/mol. The maximum absolute atomic E-state index is 13.8. The summed E-state index contributed by atoms with van der Waals surface area (Å²) in [6, 6.07) is 2.89. The normalized spacial score (nSPS) is 14.0. The molecule has 3 unspecified atom stereocenters. The lowest BCUT2D eigenvalue weighted by atomic mass is 9.96. The van der Waals surface area contributed by atoms with E-state index < -0.39 is 35.6 Å². The largest absolute Gasteiger partial charge is 0.507 e. The number of nitrogens with one attached hydrogen (secondary N) is 2. The molecule has 1 rings (SSSR count). The first kappa shape index (κ1) is 30.0. The predicted octanol–water partition coefficient (Wildman–Crippen LogP) is 4.61. The van der Waals surface area contributed by atoms with Crippen LogP contribution >= 0.6 is 0 Å². The third-order valence-corrected chi connectivity index (χ3v) is 5.45. The van der Waals surface area contributed by atoms with Gasteiger partial charge in [-0.1, -0.05) is 51.5 Å². The molecule has 35 heavy (non-hydrogen) atoms. The summed E-state index contributed by atoms with van der Waals surface area (Å²) in [6.45, 7) is 18.3. The number of phenolic OH excluding ortho intramolecular Hbond substituents is 1. The van der Waals surface area contributed by atoms with Gasteiger partial charge in [0, 0.05) is 18.2 Å². The highest BCUT2D eigenvalue weighted by Crippen LogP contribution is 2.32. The Morgan fingerprint density at radius 3 is 2.31 bits per heavy atom. The van der Waals surface area contributed by atoms with Crippen LogP contribution in [-0.4, -0.2) is 52.1 Å². The molecule has 0 radical (unpaired) electrons. The standard InChI is InChI=1S/C27H43N3O5/c1-10-13-19(6)28-24(32)22(20-15-12-14-18(5)23(20)31)30(16-11-2)25(33)21(17(3)4)29-26(34)35-27(7,8)9/h11-12,14-15,17,19,21-22,31H,2,10,13,16H2,1,3-9H3,(H,28,32)(H,29,34). The van der Waals surface area contributed by atoms with Crippen molar-refractivity contribution in [2.75, 3.05) is 6.54 Å². The third-order valence-electron chi connectivity index (χ3n) is 5.45. The summed E-state index contributed by atoms with van der Waals surface area (Å²) in [6.07, 6.45) is 2.44. The van der Waals surface area contributed by atoms with E-state index in [1.807, 2.05) is 13.8 Å². The van der Waals surface area contributed by atoms with Gasteiger partial charge in [-0.15, -0.1) is 6.58 Å². The first-order chi connectivity index (χ1) is 16.2. The fourth-order valence-electron chi connectivity index (χ4n) is 3.77. The van der Waals surface area contributed by atoms with Crippen LogP contribution in [0.25, 0.3) is 0 Å². The second-order valence-electron chi connectivity index (χ2n) is 10.3. The molecule has 8 heteroatoms. The number of amides is 3. The minimum Gasteiger partial charge on any atom is -0.507 e. The lowest BCUT2D eigenvalue weighted by molar-refractivity contribution is -0.143. The number of carbonyl (C=O) groups excluding carboxylic acids is 3. The lowest BCUT2D eigenvalue weighted by Crippen LogP contribution is -2.55. The number of aromatic hydroxyl groups is 1. The SMILES string of the molecule is C=CCN(C(=O)C(NC(=O)OC(C)(C)C)C(C)C)C(C(=O)NC(C)CCC)c1cccc(C)c1O. The molecule has 0 saturated carbocycles. The molecule has 0 heterocycles. The number of carbonyl (C=O) groups is 3. The van der Waals surface area contributed by atoms with Crippen molar-refractivity contribution in [3.8, 4) is 5.75 Å².